The first-order valence-electron chi connectivity index (χ1n) is 10.2. The monoisotopic (exact) mass is 467 g/mol. The zero-order chi connectivity index (χ0) is 22.3. The van der Waals surface area contributed by atoms with E-state index in [-0.39, 0.29) is 23.5 Å². The van der Waals surface area contributed by atoms with Crippen molar-refractivity contribution in [1.82, 2.24) is 19.6 Å². The lowest BCUT2D eigenvalue weighted by Crippen LogP contribution is -2.21. The van der Waals surface area contributed by atoms with Crippen molar-refractivity contribution in [3.8, 4) is 16.3 Å². The first-order valence-corrected chi connectivity index (χ1v) is 12.9. The molecule has 1 aliphatic heterocycles. The Hall–Kier alpha value is -3.24. The van der Waals surface area contributed by atoms with E-state index in [0.29, 0.717) is 29.3 Å². The zero-order valence-electron chi connectivity index (χ0n) is 17.3. The van der Waals surface area contributed by atoms with Crippen molar-refractivity contribution >= 4 is 32.9 Å². The Morgan fingerprint density at radius 1 is 1.12 bits per heavy atom. The molecular weight excluding hydrogens is 446 g/mol. The number of nitrogens with zero attached hydrogens (tertiary/aromatic N) is 4. The number of para-hydroxylation sites is 1. The Bertz CT molecular complexity index is 1370. The summed E-state index contributed by atoms with van der Waals surface area (Å²) >= 11 is 1.55. The minimum atomic E-state index is -3.08. The van der Waals surface area contributed by atoms with E-state index in [0.717, 1.165) is 10.6 Å². The molecule has 4 heterocycles. The van der Waals surface area contributed by atoms with E-state index in [9.17, 15) is 13.2 Å². The van der Waals surface area contributed by atoms with Crippen LogP contribution in [-0.4, -0.2) is 45.4 Å². The molecule has 5 rings (SSSR count). The molecule has 32 heavy (non-hydrogen) atoms. The molecule has 1 atom stereocenters. The van der Waals surface area contributed by atoms with Gasteiger partial charge in [0, 0.05) is 6.07 Å². The maximum Gasteiger partial charge on any atom is 0.275 e. The molecule has 10 heteroatoms. The maximum absolute atomic E-state index is 13.4. The number of hydrogen-bond donors (Lipinski definition) is 1. The van der Waals surface area contributed by atoms with E-state index >= 15 is 0 Å². The summed E-state index contributed by atoms with van der Waals surface area (Å²) in [4.78, 5) is 14.3. The molecule has 164 valence electrons. The maximum atomic E-state index is 13.4. The summed E-state index contributed by atoms with van der Waals surface area (Å²) in [7, 11) is -3.08. The number of amides is 1. The highest BCUT2D eigenvalue weighted by atomic mass is 32.2. The average molecular weight is 468 g/mol. The van der Waals surface area contributed by atoms with Gasteiger partial charge in [-0.3, -0.25) is 4.79 Å². The van der Waals surface area contributed by atoms with Gasteiger partial charge in [0.1, 0.15) is 17.2 Å². The van der Waals surface area contributed by atoms with Crippen LogP contribution in [0, 0.1) is 6.92 Å². The van der Waals surface area contributed by atoms with Gasteiger partial charge < -0.3 is 5.32 Å². The Kier molecular flexibility index (Phi) is 5.18. The highest BCUT2D eigenvalue weighted by Gasteiger charge is 2.31. The Morgan fingerprint density at radius 2 is 1.94 bits per heavy atom. The van der Waals surface area contributed by atoms with Crippen molar-refractivity contribution < 1.29 is 13.2 Å². The summed E-state index contributed by atoms with van der Waals surface area (Å²) in [5.74, 6) is 0.301. The van der Waals surface area contributed by atoms with Crippen LogP contribution >= 0.6 is 11.3 Å². The average Bonchev–Trinajstić information content (AvgIpc) is 3.54. The molecule has 1 amide bonds. The molecule has 1 fully saturated rings. The van der Waals surface area contributed by atoms with Gasteiger partial charge in [0.05, 0.1) is 33.8 Å². The number of carbonyl (C=O) groups excluding carboxylic acids is 1. The summed E-state index contributed by atoms with van der Waals surface area (Å²) in [6.07, 6.45) is 0.483. The van der Waals surface area contributed by atoms with Crippen LogP contribution in [0.5, 0.6) is 0 Å². The number of thiophene rings is 1. The van der Waals surface area contributed by atoms with E-state index in [1.54, 1.807) is 32.8 Å². The number of sulfone groups is 1. The fraction of sp³-hybridized carbons (Fsp3) is 0.227. The van der Waals surface area contributed by atoms with Crippen LogP contribution in [-0.2, 0) is 9.84 Å². The lowest BCUT2D eigenvalue weighted by molar-refractivity contribution is 0.101. The third-order valence-electron chi connectivity index (χ3n) is 5.37. The van der Waals surface area contributed by atoms with Gasteiger partial charge in [0.15, 0.2) is 9.84 Å². The normalized spacial score (nSPS) is 17.5. The summed E-state index contributed by atoms with van der Waals surface area (Å²) in [5, 5.41) is 14.0. The number of rotatable bonds is 5. The molecule has 0 spiro atoms. The SMILES string of the molecule is Cc1cc(NC(=O)c2cc(-c3cccs3)nn2-c2ccccc2)n([C@@H]2CCS(=O)(=O)C2)n1. The molecule has 1 saturated heterocycles. The van der Waals surface area contributed by atoms with E-state index in [4.69, 9.17) is 0 Å². The number of carbonyl (C=O) groups is 1. The first kappa shape index (κ1) is 20.7. The largest absolute Gasteiger partial charge is 0.305 e. The van der Waals surface area contributed by atoms with Crippen LogP contribution in [0.4, 0.5) is 5.82 Å². The van der Waals surface area contributed by atoms with Gasteiger partial charge in [-0.1, -0.05) is 24.3 Å². The second-order valence-corrected chi connectivity index (χ2v) is 10.9. The second-order valence-electron chi connectivity index (χ2n) is 7.77. The number of nitrogens with one attached hydrogen (secondary N) is 1. The molecule has 1 N–H and O–H groups in total. The van der Waals surface area contributed by atoms with Crippen LogP contribution in [0.15, 0.2) is 60.0 Å². The number of aromatic nitrogens is 4. The molecule has 4 aromatic rings. The standard InChI is InChI=1S/C22H21N5O3S2/c1-15-12-21(27(24-15)17-9-11-32(29,30)14-17)23-22(28)19-13-18(20-8-5-10-31-20)25-26(19)16-6-3-2-4-7-16/h2-8,10,12-13,17H,9,11,14H2,1H3,(H,23,28)/t17-/m1/s1. The highest BCUT2D eigenvalue weighted by Crippen LogP contribution is 2.29. The Morgan fingerprint density at radius 3 is 2.62 bits per heavy atom. The van der Waals surface area contributed by atoms with Crippen LogP contribution in [0.1, 0.15) is 28.6 Å². The molecule has 0 aliphatic carbocycles. The predicted molar refractivity (Wildman–Crippen MR) is 124 cm³/mol. The van der Waals surface area contributed by atoms with Gasteiger partial charge in [-0.05, 0) is 43.0 Å². The number of hydrogen-bond acceptors (Lipinski definition) is 6. The van der Waals surface area contributed by atoms with Crippen molar-refractivity contribution in [2.75, 3.05) is 16.8 Å². The van der Waals surface area contributed by atoms with Crippen LogP contribution < -0.4 is 5.32 Å². The summed E-state index contributed by atoms with van der Waals surface area (Å²) < 4.78 is 27.2. The van der Waals surface area contributed by atoms with Crippen molar-refractivity contribution in [3.63, 3.8) is 0 Å². The fourth-order valence-electron chi connectivity index (χ4n) is 3.89. The van der Waals surface area contributed by atoms with Crippen molar-refractivity contribution in [2.45, 2.75) is 19.4 Å². The number of aryl methyl sites for hydroxylation is 1. The number of anilines is 1. The summed E-state index contributed by atoms with van der Waals surface area (Å²) in [6.45, 7) is 1.82. The Balaban J connectivity index is 1.50. The third kappa shape index (κ3) is 3.98. The van der Waals surface area contributed by atoms with Gasteiger partial charge in [-0.15, -0.1) is 11.3 Å². The van der Waals surface area contributed by atoms with Gasteiger partial charge in [0.25, 0.3) is 5.91 Å². The van der Waals surface area contributed by atoms with Gasteiger partial charge in [0.2, 0.25) is 0 Å². The van der Waals surface area contributed by atoms with Crippen molar-refractivity contribution in [2.24, 2.45) is 0 Å². The smallest absolute Gasteiger partial charge is 0.275 e. The molecule has 1 aromatic carbocycles. The minimum Gasteiger partial charge on any atom is -0.305 e. The third-order valence-corrected chi connectivity index (χ3v) is 8.01. The molecule has 8 nitrogen and oxygen atoms in total. The molecule has 0 radical (unpaired) electrons. The van der Waals surface area contributed by atoms with E-state index < -0.39 is 9.84 Å². The lowest BCUT2D eigenvalue weighted by atomic mass is 10.2. The second kappa shape index (κ2) is 8.03. The van der Waals surface area contributed by atoms with Crippen LogP contribution in [0.3, 0.4) is 0 Å². The molecule has 0 saturated carbocycles. The van der Waals surface area contributed by atoms with E-state index in [1.807, 2.05) is 54.8 Å². The minimum absolute atomic E-state index is 0.0292. The Labute approximate surface area is 189 Å². The summed E-state index contributed by atoms with van der Waals surface area (Å²) in [5.41, 5.74) is 2.57. The first-order chi connectivity index (χ1) is 15.4. The molecule has 0 unspecified atom stereocenters. The van der Waals surface area contributed by atoms with Gasteiger partial charge >= 0.3 is 0 Å². The molecule has 1 aliphatic rings. The van der Waals surface area contributed by atoms with Crippen molar-refractivity contribution in [1.29, 1.82) is 0 Å². The van der Waals surface area contributed by atoms with Crippen LogP contribution in [0.25, 0.3) is 16.3 Å². The van der Waals surface area contributed by atoms with E-state index in [1.165, 1.54) is 0 Å². The lowest BCUT2D eigenvalue weighted by Gasteiger charge is -2.14. The highest BCUT2D eigenvalue weighted by molar-refractivity contribution is 7.91. The topological polar surface area (TPSA) is 98.9 Å². The zero-order valence-corrected chi connectivity index (χ0v) is 18.9. The predicted octanol–water partition coefficient (Wildman–Crippen LogP) is 3.72. The summed E-state index contributed by atoms with van der Waals surface area (Å²) in [6, 6.07) is 16.6. The van der Waals surface area contributed by atoms with Gasteiger partial charge in [-0.25, -0.2) is 17.8 Å². The number of benzene rings is 1. The molecule has 0 bridgehead atoms. The van der Waals surface area contributed by atoms with Gasteiger partial charge in [-0.2, -0.15) is 10.2 Å². The molecular formula is C22H21N5O3S2. The van der Waals surface area contributed by atoms with Crippen molar-refractivity contribution in [3.05, 3.63) is 71.4 Å². The van der Waals surface area contributed by atoms with E-state index in [2.05, 4.69) is 15.5 Å². The fourth-order valence-corrected chi connectivity index (χ4v) is 6.26. The van der Waals surface area contributed by atoms with Crippen LogP contribution in [0.2, 0.25) is 0 Å². The molecule has 3 aromatic heterocycles. The quantitative estimate of drug-likeness (QED) is 0.482.